The number of benzene rings is 2. The molecule has 0 N–H and O–H groups in total. The molecule has 1 unspecified atom stereocenters. The molecule has 0 spiro atoms. The molecule has 2 aromatic carbocycles. The van der Waals surface area contributed by atoms with Gasteiger partial charge in [-0.2, -0.15) is 0 Å². The normalized spacial score (nSPS) is 16.1. The zero-order valence-corrected chi connectivity index (χ0v) is 20.4. The van der Waals surface area contributed by atoms with Crippen LogP contribution in [0.2, 0.25) is 10.0 Å². The number of hydrogen-bond donors (Lipinski definition) is 0. The van der Waals surface area contributed by atoms with Gasteiger partial charge in [-0.25, -0.2) is 9.37 Å². The van der Waals surface area contributed by atoms with Crippen molar-refractivity contribution in [3.8, 4) is 0 Å². The second kappa shape index (κ2) is 10.7. The first-order chi connectivity index (χ1) is 16.4. The predicted molar refractivity (Wildman–Crippen MR) is 130 cm³/mol. The Morgan fingerprint density at radius 2 is 1.97 bits per heavy atom. The lowest BCUT2D eigenvalue weighted by Crippen LogP contribution is -2.43. The summed E-state index contributed by atoms with van der Waals surface area (Å²) >= 11 is 12.4. The largest absolute Gasteiger partial charge is 0.466 e. The molecule has 0 saturated carbocycles. The average molecular weight is 506 g/mol. The van der Waals surface area contributed by atoms with E-state index in [-0.39, 0.29) is 36.5 Å². The van der Waals surface area contributed by atoms with Crippen LogP contribution >= 0.6 is 23.2 Å². The highest BCUT2D eigenvalue weighted by Gasteiger charge is 2.29. The first-order valence-corrected chi connectivity index (χ1v) is 12.1. The fraction of sp³-hybridized carbons (Fsp3) is 0.400. The average Bonchev–Trinajstić information content (AvgIpc) is 3.15. The Kier molecular flexibility index (Phi) is 7.73. The standard InChI is InChI=1S/C25H26Cl2FN3O3/c1-2-34-25(33)17-7-5-10-30(15-17)24(32)9-11-31-22-14-19(27)18(26)13-21(22)29-23(31)12-16-6-3-4-8-20(16)28/h3-4,6,8,13-14,17H,2,5,7,9-12,15H2,1H3. The molecule has 1 atom stereocenters. The van der Waals surface area contributed by atoms with Crippen molar-refractivity contribution in [3.05, 3.63) is 63.6 Å². The molecule has 180 valence electrons. The summed E-state index contributed by atoms with van der Waals surface area (Å²) in [6.07, 6.45) is 1.96. The van der Waals surface area contributed by atoms with Crippen molar-refractivity contribution in [2.24, 2.45) is 5.92 Å². The van der Waals surface area contributed by atoms with Gasteiger partial charge in [-0.3, -0.25) is 9.59 Å². The van der Waals surface area contributed by atoms with E-state index in [1.807, 2.05) is 4.57 Å². The van der Waals surface area contributed by atoms with Gasteiger partial charge in [-0.1, -0.05) is 41.4 Å². The van der Waals surface area contributed by atoms with Gasteiger partial charge < -0.3 is 14.2 Å². The Morgan fingerprint density at radius 1 is 1.21 bits per heavy atom. The Bertz CT molecular complexity index is 1210. The van der Waals surface area contributed by atoms with E-state index in [0.29, 0.717) is 53.2 Å². The van der Waals surface area contributed by atoms with Gasteiger partial charge in [-0.05, 0) is 43.5 Å². The van der Waals surface area contributed by atoms with Gasteiger partial charge in [0, 0.05) is 32.5 Å². The summed E-state index contributed by atoms with van der Waals surface area (Å²) in [7, 11) is 0. The molecule has 3 aromatic rings. The monoisotopic (exact) mass is 505 g/mol. The number of esters is 1. The summed E-state index contributed by atoms with van der Waals surface area (Å²) in [6.45, 7) is 3.43. The maximum absolute atomic E-state index is 14.3. The summed E-state index contributed by atoms with van der Waals surface area (Å²) in [5, 5.41) is 0.762. The highest BCUT2D eigenvalue weighted by molar-refractivity contribution is 6.42. The van der Waals surface area contributed by atoms with E-state index in [1.165, 1.54) is 6.07 Å². The first kappa shape index (κ1) is 24.5. The zero-order chi connectivity index (χ0) is 24.2. The smallest absolute Gasteiger partial charge is 0.310 e. The van der Waals surface area contributed by atoms with E-state index >= 15 is 0 Å². The van der Waals surface area contributed by atoms with Crippen LogP contribution in [0.4, 0.5) is 4.39 Å². The number of ether oxygens (including phenoxy) is 1. The maximum Gasteiger partial charge on any atom is 0.310 e. The van der Waals surface area contributed by atoms with E-state index in [2.05, 4.69) is 4.98 Å². The van der Waals surface area contributed by atoms with Crippen molar-refractivity contribution in [2.45, 2.75) is 39.2 Å². The van der Waals surface area contributed by atoms with E-state index in [1.54, 1.807) is 42.2 Å². The third-order valence-corrected chi connectivity index (χ3v) is 6.84. The van der Waals surface area contributed by atoms with Crippen LogP contribution in [0.15, 0.2) is 36.4 Å². The van der Waals surface area contributed by atoms with Gasteiger partial charge >= 0.3 is 5.97 Å². The topological polar surface area (TPSA) is 64.4 Å². The molecule has 1 fully saturated rings. The van der Waals surface area contributed by atoms with Crippen LogP contribution in [0, 0.1) is 11.7 Å². The van der Waals surface area contributed by atoms with Crippen molar-refractivity contribution in [1.29, 1.82) is 0 Å². The molecule has 1 aromatic heterocycles. The number of aryl methyl sites for hydroxylation is 1. The van der Waals surface area contributed by atoms with Gasteiger partial charge in [0.1, 0.15) is 11.6 Å². The molecule has 34 heavy (non-hydrogen) atoms. The number of aromatic nitrogens is 2. The first-order valence-electron chi connectivity index (χ1n) is 11.4. The summed E-state index contributed by atoms with van der Waals surface area (Å²) in [6, 6.07) is 9.95. The van der Waals surface area contributed by atoms with Crippen molar-refractivity contribution in [1.82, 2.24) is 14.5 Å². The number of amides is 1. The molecular weight excluding hydrogens is 480 g/mol. The van der Waals surface area contributed by atoms with Crippen LogP contribution in [-0.4, -0.2) is 46.0 Å². The quantitative estimate of drug-likeness (QED) is 0.410. The minimum absolute atomic E-state index is 0.0484. The van der Waals surface area contributed by atoms with E-state index in [0.717, 1.165) is 18.4 Å². The molecule has 1 aliphatic rings. The fourth-order valence-corrected chi connectivity index (χ4v) is 4.70. The molecule has 1 amide bonds. The molecule has 6 nitrogen and oxygen atoms in total. The van der Waals surface area contributed by atoms with Crippen LogP contribution in [0.25, 0.3) is 11.0 Å². The Labute approximate surface area is 207 Å². The van der Waals surface area contributed by atoms with Gasteiger partial charge in [0.15, 0.2) is 0 Å². The van der Waals surface area contributed by atoms with Gasteiger partial charge in [0.05, 0.1) is 33.6 Å². The van der Waals surface area contributed by atoms with E-state index in [9.17, 15) is 14.0 Å². The molecule has 1 saturated heterocycles. The highest BCUT2D eigenvalue weighted by Crippen LogP contribution is 2.29. The number of carbonyl (C=O) groups excluding carboxylic acids is 2. The number of imidazole rings is 1. The fourth-order valence-electron chi connectivity index (χ4n) is 4.39. The van der Waals surface area contributed by atoms with Gasteiger partial charge in [0.2, 0.25) is 5.91 Å². The van der Waals surface area contributed by atoms with E-state index in [4.69, 9.17) is 27.9 Å². The lowest BCUT2D eigenvalue weighted by atomic mass is 9.98. The van der Waals surface area contributed by atoms with Crippen molar-refractivity contribution in [2.75, 3.05) is 19.7 Å². The maximum atomic E-state index is 14.3. The zero-order valence-electron chi connectivity index (χ0n) is 18.9. The molecule has 9 heteroatoms. The molecule has 2 heterocycles. The molecular formula is C25H26Cl2FN3O3. The van der Waals surface area contributed by atoms with Gasteiger partial charge in [0.25, 0.3) is 0 Å². The number of halogens is 3. The van der Waals surface area contributed by atoms with Crippen LogP contribution < -0.4 is 0 Å². The Balaban J connectivity index is 1.55. The Morgan fingerprint density at radius 3 is 2.74 bits per heavy atom. The summed E-state index contributed by atoms with van der Waals surface area (Å²) in [5.41, 5.74) is 1.88. The third kappa shape index (κ3) is 5.36. The third-order valence-electron chi connectivity index (χ3n) is 6.12. The number of likely N-dealkylation sites (tertiary alicyclic amines) is 1. The lowest BCUT2D eigenvalue weighted by molar-refractivity contribution is -0.151. The highest BCUT2D eigenvalue weighted by atomic mass is 35.5. The number of piperidine rings is 1. The second-order valence-electron chi connectivity index (χ2n) is 8.38. The second-order valence-corrected chi connectivity index (χ2v) is 9.20. The molecule has 0 radical (unpaired) electrons. The number of rotatable bonds is 7. The number of hydrogen-bond acceptors (Lipinski definition) is 4. The minimum atomic E-state index is -0.313. The van der Waals surface area contributed by atoms with Crippen LogP contribution in [0.1, 0.15) is 37.6 Å². The molecule has 0 bridgehead atoms. The van der Waals surface area contributed by atoms with Crippen molar-refractivity contribution >= 4 is 46.1 Å². The Hall–Kier alpha value is -2.64. The predicted octanol–water partition coefficient (Wildman–Crippen LogP) is 5.26. The molecule has 1 aliphatic heterocycles. The molecule has 0 aliphatic carbocycles. The van der Waals surface area contributed by atoms with Crippen LogP contribution in [-0.2, 0) is 27.3 Å². The number of carbonyl (C=O) groups is 2. The lowest BCUT2D eigenvalue weighted by Gasteiger charge is -2.31. The number of fused-ring (bicyclic) bond motifs is 1. The van der Waals surface area contributed by atoms with Crippen molar-refractivity contribution in [3.63, 3.8) is 0 Å². The van der Waals surface area contributed by atoms with Crippen LogP contribution in [0.3, 0.4) is 0 Å². The van der Waals surface area contributed by atoms with Crippen LogP contribution in [0.5, 0.6) is 0 Å². The minimum Gasteiger partial charge on any atom is -0.466 e. The number of nitrogens with zero attached hydrogens (tertiary/aromatic N) is 3. The SMILES string of the molecule is CCOC(=O)C1CCCN(C(=O)CCn2c(Cc3ccccc3F)nc3cc(Cl)c(Cl)cc32)C1. The van der Waals surface area contributed by atoms with Crippen molar-refractivity contribution < 1.29 is 18.7 Å². The van der Waals surface area contributed by atoms with Gasteiger partial charge in [-0.15, -0.1) is 0 Å². The molecule has 4 rings (SSSR count). The summed E-state index contributed by atoms with van der Waals surface area (Å²) < 4.78 is 21.4. The summed E-state index contributed by atoms with van der Waals surface area (Å²) in [5.74, 6) is -0.280. The summed E-state index contributed by atoms with van der Waals surface area (Å²) in [4.78, 5) is 31.6. The van der Waals surface area contributed by atoms with E-state index < -0.39 is 0 Å².